The van der Waals surface area contributed by atoms with Gasteiger partial charge in [0.2, 0.25) is 0 Å². The topological polar surface area (TPSA) is 46.9 Å². The molecule has 4 nitrogen and oxygen atoms in total. The van der Waals surface area contributed by atoms with Crippen LogP contribution in [0.1, 0.15) is 28.0 Å². The van der Waals surface area contributed by atoms with E-state index in [9.17, 15) is 4.79 Å². The van der Waals surface area contributed by atoms with Crippen molar-refractivity contribution >= 4 is 28.3 Å². The predicted octanol–water partition coefficient (Wildman–Crippen LogP) is 3.13. The summed E-state index contributed by atoms with van der Waals surface area (Å²) in [5.41, 5.74) is 3.13. The number of aromatic nitrogens is 2. The van der Waals surface area contributed by atoms with Gasteiger partial charge in [-0.2, -0.15) is 0 Å². The molecule has 2 heterocycles. The molecule has 0 fully saturated rings. The Morgan fingerprint density at radius 2 is 2.14 bits per heavy atom. The molecule has 0 bridgehead atoms. The number of rotatable bonds is 4. The van der Waals surface area contributed by atoms with Crippen LogP contribution in [0.2, 0.25) is 0 Å². The highest BCUT2D eigenvalue weighted by Crippen LogP contribution is 2.18. The summed E-state index contributed by atoms with van der Waals surface area (Å²) in [5.74, 6) is 0.841. The van der Waals surface area contributed by atoms with Crippen molar-refractivity contribution in [2.45, 2.75) is 19.9 Å². The molecular weight excluding hydrogens is 282 g/mol. The van der Waals surface area contributed by atoms with E-state index in [4.69, 9.17) is 0 Å². The van der Waals surface area contributed by atoms with E-state index < -0.39 is 0 Å². The molecule has 0 unspecified atom stereocenters. The van der Waals surface area contributed by atoms with E-state index in [1.165, 1.54) is 11.3 Å². The zero-order chi connectivity index (χ0) is 14.8. The second-order valence-corrected chi connectivity index (χ2v) is 5.80. The molecule has 5 heteroatoms. The third kappa shape index (κ3) is 2.56. The van der Waals surface area contributed by atoms with Gasteiger partial charge in [-0.15, -0.1) is 11.3 Å². The maximum absolute atomic E-state index is 12.2. The molecule has 0 aliphatic heterocycles. The van der Waals surface area contributed by atoms with Crippen molar-refractivity contribution in [3.05, 3.63) is 52.0 Å². The summed E-state index contributed by atoms with van der Waals surface area (Å²) >= 11 is 1.49. The van der Waals surface area contributed by atoms with Crippen LogP contribution in [0.5, 0.6) is 0 Å². The first kappa shape index (κ1) is 13.8. The number of benzene rings is 1. The molecule has 0 saturated carbocycles. The lowest BCUT2D eigenvalue weighted by molar-refractivity contribution is 0.0953. The number of imidazole rings is 1. The van der Waals surface area contributed by atoms with Gasteiger partial charge in [-0.1, -0.05) is 19.1 Å². The number of para-hydroxylation sites is 2. The minimum Gasteiger partial charge on any atom is -0.344 e. The van der Waals surface area contributed by atoms with Gasteiger partial charge in [-0.25, -0.2) is 4.98 Å². The van der Waals surface area contributed by atoms with E-state index in [2.05, 4.69) is 17.2 Å². The fourth-order valence-corrected chi connectivity index (χ4v) is 3.32. The molecule has 0 radical (unpaired) electrons. The molecule has 0 atom stereocenters. The van der Waals surface area contributed by atoms with E-state index in [0.717, 1.165) is 33.7 Å². The highest BCUT2D eigenvalue weighted by atomic mass is 32.1. The van der Waals surface area contributed by atoms with E-state index in [1.54, 1.807) is 0 Å². The Morgan fingerprint density at radius 1 is 1.33 bits per heavy atom. The summed E-state index contributed by atoms with van der Waals surface area (Å²) in [6.07, 6.45) is 0.874. The molecule has 1 amide bonds. The van der Waals surface area contributed by atoms with Gasteiger partial charge in [-0.05, 0) is 35.6 Å². The number of carbonyl (C=O) groups is 1. The van der Waals surface area contributed by atoms with Gasteiger partial charge in [0.05, 0.1) is 22.5 Å². The van der Waals surface area contributed by atoms with Crippen molar-refractivity contribution in [3.8, 4) is 0 Å². The predicted molar refractivity (Wildman–Crippen MR) is 85.6 cm³/mol. The average molecular weight is 299 g/mol. The SMILES string of the molecule is CCc1ccsc1C(=O)NCc1nc2ccccc2n1C. The van der Waals surface area contributed by atoms with Crippen molar-refractivity contribution < 1.29 is 4.79 Å². The molecule has 0 aliphatic rings. The summed E-state index contributed by atoms with van der Waals surface area (Å²) in [5, 5.41) is 4.93. The number of thiophene rings is 1. The minimum atomic E-state index is -0.0195. The molecule has 0 spiro atoms. The number of aryl methyl sites for hydroxylation is 2. The van der Waals surface area contributed by atoms with Crippen molar-refractivity contribution in [2.24, 2.45) is 7.05 Å². The quantitative estimate of drug-likeness (QED) is 0.804. The first-order valence-electron chi connectivity index (χ1n) is 6.95. The number of hydrogen-bond acceptors (Lipinski definition) is 3. The van der Waals surface area contributed by atoms with Crippen LogP contribution in [0.3, 0.4) is 0 Å². The maximum Gasteiger partial charge on any atom is 0.262 e. The minimum absolute atomic E-state index is 0.0195. The van der Waals surface area contributed by atoms with Crippen LogP contribution >= 0.6 is 11.3 Å². The lowest BCUT2D eigenvalue weighted by Gasteiger charge is -2.05. The number of fused-ring (bicyclic) bond motifs is 1. The summed E-state index contributed by atoms with van der Waals surface area (Å²) in [4.78, 5) is 17.6. The van der Waals surface area contributed by atoms with E-state index >= 15 is 0 Å². The Morgan fingerprint density at radius 3 is 2.90 bits per heavy atom. The molecule has 0 saturated heterocycles. The van der Waals surface area contributed by atoms with Crippen LogP contribution in [0, 0.1) is 0 Å². The van der Waals surface area contributed by atoms with Crippen LogP contribution in [0.4, 0.5) is 0 Å². The van der Waals surface area contributed by atoms with Gasteiger partial charge < -0.3 is 9.88 Å². The molecule has 108 valence electrons. The molecule has 3 rings (SSSR count). The Labute approximate surface area is 127 Å². The second-order valence-electron chi connectivity index (χ2n) is 4.89. The number of amides is 1. The fourth-order valence-electron chi connectivity index (χ4n) is 2.41. The second kappa shape index (κ2) is 5.69. The molecular formula is C16H17N3OS. The first-order valence-corrected chi connectivity index (χ1v) is 7.83. The third-order valence-corrected chi connectivity index (χ3v) is 4.58. The maximum atomic E-state index is 12.2. The summed E-state index contributed by atoms with van der Waals surface area (Å²) in [7, 11) is 1.97. The average Bonchev–Trinajstić information content (AvgIpc) is 3.10. The largest absolute Gasteiger partial charge is 0.344 e. The van der Waals surface area contributed by atoms with Crippen molar-refractivity contribution in [3.63, 3.8) is 0 Å². The molecule has 0 aliphatic carbocycles. The number of hydrogen-bond donors (Lipinski definition) is 1. The fraction of sp³-hybridized carbons (Fsp3) is 0.250. The van der Waals surface area contributed by atoms with Gasteiger partial charge in [0, 0.05) is 7.05 Å². The Balaban J connectivity index is 1.77. The van der Waals surface area contributed by atoms with Crippen molar-refractivity contribution in [1.82, 2.24) is 14.9 Å². The standard InChI is InChI=1S/C16H17N3OS/c1-3-11-8-9-21-15(11)16(20)17-10-14-18-12-6-4-5-7-13(12)19(14)2/h4-9H,3,10H2,1-2H3,(H,17,20). The van der Waals surface area contributed by atoms with Crippen LogP contribution in [-0.4, -0.2) is 15.5 Å². The third-order valence-electron chi connectivity index (χ3n) is 3.62. The lowest BCUT2D eigenvalue weighted by atomic mass is 10.2. The van der Waals surface area contributed by atoms with Gasteiger partial charge in [0.25, 0.3) is 5.91 Å². The first-order chi connectivity index (χ1) is 10.2. The van der Waals surface area contributed by atoms with E-state index in [0.29, 0.717) is 6.54 Å². The Bertz CT molecular complexity index is 788. The van der Waals surface area contributed by atoms with Crippen LogP contribution in [-0.2, 0) is 20.0 Å². The monoisotopic (exact) mass is 299 g/mol. The summed E-state index contributed by atoms with van der Waals surface area (Å²) < 4.78 is 2.02. The van der Waals surface area contributed by atoms with Crippen molar-refractivity contribution in [1.29, 1.82) is 0 Å². The summed E-state index contributed by atoms with van der Waals surface area (Å²) in [6.45, 7) is 2.50. The molecule has 2 aromatic heterocycles. The van der Waals surface area contributed by atoms with Gasteiger partial charge in [0.1, 0.15) is 5.82 Å². The Hall–Kier alpha value is -2.14. The highest BCUT2D eigenvalue weighted by molar-refractivity contribution is 7.12. The van der Waals surface area contributed by atoms with Crippen LogP contribution in [0.25, 0.3) is 11.0 Å². The van der Waals surface area contributed by atoms with Crippen LogP contribution < -0.4 is 5.32 Å². The van der Waals surface area contributed by atoms with E-state index in [-0.39, 0.29) is 5.91 Å². The highest BCUT2D eigenvalue weighted by Gasteiger charge is 2.13. The van der Waals surface area contributed by atoms with Gasteiger partial charge in [0.15, 0.2) is 0 Å². The zero-order valence-corrected chi connectivity index (χ0v) is 12.9. The molecule has 1 N–H and O–H groups in total. The summed E-state index contributed by atoms with van der Waals surface area (Å²) in [6, 6.07) is 9.98. The molecule has 21 heavy (non-hydrogen) atoms. The smallest absolute Gasteiger partial charge is 0.262 e. The number of nitrogens with one attached hydrogen (secondary N) is 1. The number of carbonyl (C=O) groups excluding carboxylic acids is 1. The Kier molecular flexibility index (Phi) is 3.75. The van der Waals surface area contributed by atoms with Gasteiger partial charge in [-0.3, -0.25) is 4.79 Å². The zero-order valence-electron chi connectivity index (χ0n) is 12.1. The molecule has 3 aromatic rings. The number of nitrogens with zero attached hydrogens (tertiary/aromatic N) is 2. The van der Waals surface area contributed by atoms with Gasteiger partial charge >= 0.3 is 0 Å². The molecule has 1 aromatic carbocycles. The van der Waals surface area contributed by atoms with Crippen molar-refractivity contribution in [2.75, 3.05) is 0 Å². The lowest BCUT2D eigenvalue weighted by Crippen LogP contribution is -2.24. The normalized spacial score (nSPS) is 11.0. The van der Waals surface area contributed by atoms with E-state index in [1.807, 2.05) is 47.3 Å². The van der Waals surface area contributed by atoms with Crippen LogP contribution in [0.15, 0.2) is 35.7 Å².